The van der Waals surface area contributed by atoms with Crippen molar-refractivity contribution in [1.82, 2.24) is 4.57 Å². The van der Waals surface area contributed by atoms with Gasteiger partial charge in [0.25, 0.3) is 0 Å². The van der Waals surface area contributed by atoms with E-state index in [0.29, 0.717) is 11.5 Å². The van der Waals surface area contributed by atoms with Crippen molar-refractivity contribution in [3.05, 3.63) is 28.7 Å². The highest BCUT2D eigenvalue weighted by atomic mass is 16.1. The smallest absolute Gasteiger partial charge is 0.250 e. The number of pyridine rings is 1. The molecule has 0 amide bonds. The Hall–Kier alpha value is -1.25. The Morgan fingerprint density at radius 3 is 2.55 bits per heavy atom. The summed E-state index contributed by atoms with van der Waals surface area (Å²) in [5.74, 6) is 0.828. The summed E-state index contributed by atoms with van der Waals surface area (Å²) in [4.78, 5) is 11.4. The van der Waals surface area contributed by atoms with Crippen LogP contribution in [0.1, 0.15) is 52.9 Å². The SMILES string of the molecule is Cn1cc(NC2CCCC(C(C)(C)C)CC2)ccc1=O. The van der Waals surface area contributed by atoms with Gasteiger partial charge in [-0.05, 0) is 43.1 Å². The largest absolute Gasteiger partial charge is 0.381 e. The van der Waals surface area contributed by atoms with Crippen LogP contribution in [0.4, 0.5) is 5.69 Å². The molecule has 1 fully saturated rings. The summed E-state index contributed by atoms with van der Waals surface area (Å²) in [6.07, 6.45) is 8.29. The maximum atomic E-state index is 11.4. The number of aryl methyl sites for hydroxylation is 1. The summed E-state index contributed by atoms with van der Waals surface area (Å²) >= 11 is 0. The predicted molar refractivity (Wildman–Crippen MR) is 85.1 cm³/mol. The summed E-state index contributed by atoms with van der Waals surface area (Å²) in [6.45, 7) is 7.08. The molecule has 1 N–H and O–H groups in total. The van der Waals surface area contributed by atoms with Gasteiger partial charge in [0.05, 0.1) is 5.69 Å². The number of anilines is 1. The van der Waals surface area contributed by atoms with Crippen LogP contribution in [-0.2, 0) is 7.05 Å². The van der Waals surface area contributed by atoms with E-state index in [9.17, 15) is 4.79 Å². The summed E-state index contributed by atoms with van der Waals surface area (Å²) in [5, 5.41) is 3.60. The Balaban J connectivity index is 1.97. The Labute approximate surface area is 122 Å². The van der Waals surface area contributed by atoms with Gasteiger partial charge in [-0.1, -0.05) is 27.2 Å². The lowest BCUT2D eigenvalue weighted by Gasteiger charge is -2.29. The fourth-order valence-electron chi connectivity index (χ4n) is 3.23. The molecule has 0 saturated heterocycles. The van der Waals surface area contributed by atoms with E-state index in [1.165, 1.54) is 32.1 Å². The molecule has 0 aliphatic heterocycles. The molecule has 2 atom stereocenters. The Bertz CT molecular complexity index is 498. The van der Waals surface area contributed by atoms with Crippen LogP contribution in [0.25, 0.3) is 0 Å². The number of hydrogen-bond acceptors (Lipinski definition) is 2. The third-order valence-electron chi connectivity index (χ3n) is 4.65. The molecule has 1 heterocycles. The topological polar surface area (TPSA) is 34.0 Å². The fraction of sp³-hybridized carbons (Fsp3) is 0.706. The number of nitrogens with one attached hydrogen (secondary N) is 1. The average molecular weight is 276 g/mol. The van der Waals surface area contributed by atoms with Gasteiger partial charge in [-0.15, -0.1) is 0 Å². The Kier molecular flexibility index (Phi) is 4.56. The fourth-order valence-corrected chi connectivity index (χ4v) is 3.23. The molecular formula is C17H28N2O. The number of aromatic nitrogens is 1. The van der Waals surface area contributed by atoms with Crippen molar-refractivity contribution in [3.8, 4) is 0 Å². The van der Waals surface area contributed by atoms with E-state index in [1.54, 1.807) is 17.7 Å². The van der Waals surface area contributed by atoms with Crippen LogP contribution in [0.5, 0.6) is 0 Å². The van der Waals surface area contributed by atoms with Gasteiger partial charge in [-0.3, -0.25) is 4.79 Å². The van der Waals surface area contributed by atoms with Crippen molar-refractivity contribution in [1.29, 1.82) is 0 Å². The maximum absolute atomic E-state index is 11.4. The average Bonchev–Trinajstić information content (AvgIpc) is 2.59. The molecule has 2 rings (SSSR count). The van der Waals surface area contributed by atoms with Crippen molar-refractivity contribution in [2.24, 2.45) is 18.4 Å². The molecule has 0 spiro atoms. The normalized spacial score (nSPS) is 24.2. The van der Waals surface area contributed by atoms with Crippen LogP contribution < -0.4 is 10.9 Å². The van der Waals surface area contributed by atoms with Gasteiger partial charge in [-0.25, -0.2) is 0 Å². The van der Waals surface area contributed by atoms with E-state index < -0.39 is 0 Å². The number of nitrogens with zero attached hydrogens (tertiary/aromatic N) is 1. The predicted octanol–water partition coefficient (Wildman–Crippen LogP) is 3.79. The summed E-state index contributed by atoms with van der Waals surface area (Å²) in [7, 11) is 1.80. The molecule has 1 aromatic heterocycles. The molecule has 20 heavy (non-hydrogen) atoms. The molecule has 0 bridgehead atoms. The first-order valence-electron chi connectivity index (χ1n) is 7.79. The summed E-state index contributed by atoms with van der Waals surface area (Å²) in [5.41, 5.74) is 1.53. The van der Waals surface area contributed by atoms with E-state index in [2.05, 4.69) is 26.1 Å². The van der Waals surface area contributed by atoms with Gasteiger partial charge in [0, 0.05) is 25.4 Å². The van der Waals surface area contributed by atoms with E-state index >= 15 is 0 Å². The van der Waals surface area contributed by atoms with Gasteiger partial charge >= 0.3 is 0 Å². The molecule has 1 aliphatic rings. The van der Waals surface area contributed by atoms with Crippen molar-refractivity contribution in [2.75, 3.05) is 5.32 Å². The number of rotatable bonds is 2. The van der Waals surface area contributed by atoms with Crippen LogP contribution >= 0.6 is 0 Å². The number of hydrogen-bond donors (Lipinski definition) is 1. The quantitative estimate of drug-likeness (QED) is 0.834. The van der Waals surface area contributed by atoms with Gasteiger partial charge in [-0.2, -0.15) is 0 Å². The third kappa shape index (κ3) is 3.87. The minimum Gasteiger partial charge on any atom is -0.381 e. The van der Waals surface area contributed by atoms with Gasteiger partial charge in [0.15, 0.2) is 0 Å². The Morgan fingerprint density at radius 2 is 1.90 bits per heavy atom. The second-order valence-electron chi connectivity index (χ2n) is 7.28. The van der Waals surface area contributed by atoms with Gasteiger partial charge in [0.1, 0.15) is 0 Å². The van der Waals surface area contributed by atoms with E-state index in [-0.39, 0.29) is 5.56 Å². The van der Waals surface area contributed by atoms with Crippen molar-refractivity contribution >= 4 is 5.69 Å². The van der Waals surface area contributed by atoms with Crippen LogP contribution in [0.15, 0.2) is 23.1 Å². The van der Waals surface area contributed by atoms with Crippen molar-refractivity contribution in [2.45, 2.75) is 58.9 Å². The minimum atomic E-state index is 0.0456. The highest BCUT2D eigenvalue weighted by molar-refractivity contribution is 5.41. The van der Waals surface area contributed by atoms with Crippen molar-refractivity contribution in [3.63, 3.8) is 0 Å². The summed E-state index contributed by atoms with van der Waals surface area (Å²) < 4.78 is 1.64. The van der Waals surface area contributed by atoms with Crippen LogP contribution in [0, 0.1) is 11.3 Å². The zero-order valence-corrected chi connectivity index (χ0v) is 13.3. The molecule has 1 aliphatic carbocycles. The Morgan fingerprint density at radius 1 is 1.15 bits per heavy atom. The second kappa shape index (κ2) is 6.02. The third-order valence-corrected chi connectivity index (χ3v) is 4.65. The first-order valence-corrected chi connectivity index (χ1v) is 7.79. The summed E-state index contributed by atoms with van der Waals surface area (Å²) in [6, 6.07) is 4.07. The molecule has 2 unspecified atom stereocenters. The lowest BCUT2D eigenvalue weighted by molar-refractivity contribution is 0.214. The molecular weight excluding hydrogens is 248 g/mol. The monoisotopic (exact) mass is 276 g/mol. The molecule has 0 aromatic carbocycles. The molecule has 3 heteroatoms. The molecule has 112 valence electrons. The zero-order valence-electron chi connectivity index (χ0n) is 13.3. The molecule has 0 radical (unpaired) electrons. The second-order valence-corrected chi connectivity index (χ2v) is 7.28. The minimum absolute atomic E-state index is 0.0456. The molecule has 1 saturated carbocycles. The van der Waals surface area contributed by atoms with E-state index in [1.807, 2.05) is 12.3 Å². The van der Waals surface area contributed by atoms with Crippen LogP contribution in [0.3, 0.4) is 0 Å². The lowest BCUT2D eigenvalue weighted by atomic mass is 9.76. The zero-order chi connectivity index (χ0) is 14.8. The van der Waals surface area contributed by atoms with Gasteiger partial charge in [0.2, 0.25) is 5.56 Å². The molecule has 1 aromatic rings. The van der Waals surface area contributed by atoms with E-state index in [0.717, 1.165) is 11.6 Å². The first-order chi connectivity index (χ1) is 9.36. The van der Waals surface area contributed by atoms with Crippen LogP contribution in [0.2, 0.25) is 0 Å². The van der Waals surface area contributed by atoms with Crippen LogP contribution in [-0.4, -0.2) is 10.6 Å². The van der Waals surface area contributed by atoms with E-state index in [4.69, 9.17) is 0 Å². The van der Waals surface area contributed by atoms with Gasteiger partial charge < -0.3 is 9.88 Å². The lowest BCUT2D eigenvalue weighted by Crippen LogP contribution is -2.22. The maximum Gasteiger partial charge on any atom is 0.250 e. The van der Waals surface area contributed by atoms with Crippen molar-refractivity contribution < 1.29 is 0 Å². The first kappa shape index (κ1) is 15.1. The standard InChI is InChI=1S/C17H28N2O/c1-17(2,3)13-6-5-7-14(9-8-13)18-15-10-11-16(20)19(4)12-15/h10-14,18H,5-9H2,1-4H3. The highest BCUT2D eigenvalue weighted by Crippen LogP contribution is 2.37. The molecule has 3 nitrogen and oxygen atoms in total. The highest BCUT2D eigenvalue weighted by Gasteiger charge is 2.27.